The van der Waals surface area contributed by atoms with Crippen LogP contribution in [0.15, 0.2) is 17.4 Å². The highest BCUT2D eigenvalue weighted by molar-refractivity contribution is 5.79. The third-order valence-electron chi connectivity index (χ3n) is 4.70. The summed E-state index contributed by atoms with van der Waals surface area (Å²) in [5.41, 5.74) is 2.87. The highest BCUT2D eigenvalue weighted by atomic mass is 16.5. The molecule has 0 fully saturated rings. The van der Waals surface area contributed by atoms with Gasteiger partial charge in [-0.05, 0) is 27.7 Å². The fraction of sp³-hybridized carbons (Fsp3) is 0.632. The van der Waals surface area contributed by atoms with Gasteiger partial charge in [-0.2, -0.15) is 10.2 Å². The second kappa shape index (κ2) is 9.70. The van der Waals surface area contributed by atoms with E-state index < -0.39 is 5.60 Å². The molecule has 0 aromatic carbocycles. The number of nitrogens with zero attached hydrogens (tertiary/aromatic N) is 5. The summed E-state index contributed by atoms with van der Waals surface area (Å²) in [5.74, 6) is 0.648. The van der Waals surface area contributed by atoms with Crippen LogP contribution in [0.5, 0.6) is 0 Å². The van der Waals surface area contributed by atoms with Crippen molar-refractivity contribution >= 4 is 5.96 Å². The summed E-state index contributed by atoms with van der Waals surface area (Å²) < 4.78 is 8.78. The van der Waals surface area contributed by atoms with Crippen LogP contribution < -0.4 is 10.6 Å². The highest BCUT2D eigenvalue weighted by Crippen LogP contribution is 2.18. The molecule has 156 valence electrons. The highest BCUT2D eigenvalue weighted by Gasteiger charge is 2.25. The van der Waals surface area contributed by atoms with Crippen LogP contribution in [0.1, 0.15) is 36.4 Å². The number of hydrogen-bond acceptors (Lipinski definition) is 5. The van der Waals surface area contributed by atoms with Gasteiger partial charge >= 0.3 is 0 Å². The van der Waals surface area contributed by atoms with Crippen molar-refractivity contribution in [2.24, 2.45) is 12.0 Å². The fourth-order valence-corrected chi connectivity index (χ4v) is 2.92. The van der Waals surface area contributed by atoms with Crippen LogP contribution >= 0.6 is 0 Å². The minimum atomic E-state index is -1.05. The van der Waals surface area contributed by atoms with E-state index in [-0.39, 0.29) is 0 Å². The quantitative estimate of drug-likeness (QED) is 0.433. The molecule has 0 saturated heterocycles. The summed E-state index contributed by atoms with van der Waals surface area (Å²) in [6, 6.07) is 0. The van der Waals surface area contributed by atoms with Gasteiger partial charge in [0, 0.05) is 43.7 Å². The number of rotatable bonds is 9. The number of aromatic nitrogens is 4. The lowest BCUT2D eigenvalue weighted by molar-refractivity contribution is 0.0616. The summed E-state index contributed by atoms with van der Waals surface area (Å²) in [6.07, 6.45) is 3.49. The van der Waals surface area contributed by atoms with Crippen LogP contribution in [-0.4, -0.2) is 57.4 Å². The van der Waals surface area contributed by atoms with Crippen LogP contribution in [0.4, 0.5) is 0 Å². The van der Waals surface area contributed by atoms with Gasteiger partial charge in [-0.15, -0.1) is 0 Å². The molecule has 0 bridgehead atoms. The Labute approximate surface area is 166 Å². The minimum absolute atomic E-state index is 0.315. The van der Waals surface area contributed by atoms with E-state index >= 15 is 0 Å². The van der Waals surface area contributed by atoms with E-state index in [0.29, 0.717) is 25.7 Å². The first-order chi connectivity index (χ1) is 13.3. The van der Waals surface area contributed by atoms with Crippen molar-refractivity contribution in [2.45, 2.75) is 46.4 Å². The van der Waals surface area contributed by atoms with Crippen molar-refractivity contribution in [3.05, 3.63) is 34.9 Å². The molecule has 2 heterocycles. The summed E-state index contributed by atoms with van der Waals surface area (Å²) in [5, 5.41) is 25.9. The monoisotopic (exact) mass is 391 g/mol. The van der Waals surface area contributed by atoms with Gasteiger partial charge in [0.1, 0.15) is 5.60 Å². The molecule has 2 rings (SSSR count). The van der Waals surface area contributed by atoms with E-state index in [4.69, 9.17) is 4.74 Å². The molecule has 9 heteroatoms. The Kier molecular flexibility index (Phi) is 7.59. The van der Waals surface area contributed by atoms with E-state index in [1.807, 2.05) is 38.7 Å². The lowest BCUT2D eigenvalue weighted by atomic mass is 10.00. The standard InChI is InChI=1S/C19H33N7O2/c1-7-20-18(22-13-19(4,27)16-10-23-25(5)12-16)21-11-17-14(2)24-26(15(17)3)8-9-28-6/h10,12,27H,7-9,11,13H2,1-6H3,(H2,20,21,22). The molecule has 0 radical (unpaired) electrons. The summed E-state index contributed by atoms with van der Waals surface area (Å²) in [4.78, 5) is 4.68. The van der Waals surface area contributed by atoms with Crippen molar-refractivity contribution < 1.29 is 9.84 Å². The van der Waals surface area contributed by atoms with E-state index in [1.54, 1.807) is 24.9 Å². The molecule has 0 saturated carbocycles. The zero-order chi connectivity index (χ0) is 20.7. The molecule has 0 aliphatic carbocycles. The first-order valence-electron chi connectivity index (χ1n) is 9.54. The van der Waals surface area contributed by atoms with Crippen LogP contribution in [0.2, 0.25) is 0 Å². The molecule has 2 aromatic heterocycles. The van der Waals surface area contributed by atoms with Gasteiger partial charge < -0.3 is 20.5 Å². The molecule has 1 atom stereocenters. The van der Waals surface area contributed by atoms with Crippen LogP contribution in [0, 0.1) is 13.8 Å². The average molecular weight is 392 g/mol. The zero-order valence-electron chi connectivity index (χ0n) is 17.8. The Bertz CT molecular complexity index is 792. The first kappa shape index (κ1) is 21.9. The van der Waals surface area contributed by atoms with Gasteiger partial charge in [0.2, 0.25) is 0 Å². The van der Waals surface area contributed by atoms with Crippen LogP contribution in [-0.2, 0) is 30.5 Å². The van der Waals surface area contributed by atoms with Crippen LogP contribution in [0.3, 0.4) is 0 Å². The number of aliphatic hydroxyl groups is 1. The Morgan fingerprint density at radius 2 is 2.11 bits per heavy atom. The van der Waals surface area contributed by atoms with Gasteiger partial charge in [0.05, 0.1) is 38.1 Å². The molecule has 9 nitrogen and oxygen atoms in total. The third-order valence-corrected chi connectivity index (χ3v) is 4.70. The minimum Gasteiger partial charge on any atom is -0.383 e. The Morgan fingerprint density at radius 1 is 1.36 bits per heavy atom. The molecule has 0 amide bonds. The second-order valence-electron chi connectivity index (χ2n) is 7.09. The zero-order valence-corrected chi connectivity index (χ0v) is 17.8. The Balaban J connectivity index is 2.07. The Morgan fingerprint density at radius 3 is 2.71 bits per heavy atom. The summed E-state index contributed by atoms with van der Waals surface area (Å²) >= 11 is 0. The Hall–Kier alpha value is -2.39. The van der Waals surface area contributed by atoms with Gasteiger partial charge in [-0.1, -0.05) is 0 Å². The molecular formula is C19H33N7O2. The van der Waals surface area contributed by atoms with E-state index in [0.717, 1.165) is 35.6 Å². The maximum absolute atomic E-state index is 10.8. The van der Waals surface area contributed by atoms with Gasteiger partial charge in [-0.3, -0.25) is 9.36 Å². The topological polar surface area (TPSA) is 102 Å². The van der Waals surface area contributed by atoms with Crippen molar-refractivity contribution in [1.29, 1.82) is 0 Å². The molecule has 2 aromatic rings. The van der Waals surface area contributed by atoms with Crippen molar-refractivity contribution in [1.82, 2.24) is 30.2 Å². The van der Waals surface area contributed by atoms with Crippen molar-refractivity contribution in [2.75, 3.05) is 26.8 Å². The lowest BCUT2D eigenvalue weighted by Crippen LogP contribution is -2.44. The van der Waals surface area contributed by atoms with Gasteiger partial charge in [-0.25, -0.2) is 4.99 Å². The number of nitrogens with one attached hydrogen (secondary N) is 2. The summed E-state index contributed by atoms with van der Waals surface area (Å²) in [7, 11) is 3.52. The largest absolute Gasteiger partial charge is 0.383 e. The molecule has 1 unspecified atom stereocenters. The average Bonchev–Trinajstić information content (AvgIpc) is 3.20. The SMILES string of the molecule is CCNC(=NCc1c(C)nn(CCOC)c1C)NCC(C)(O)c1cnn(C)c1. The van der Waals surface area contributed by atoms with E-state index in [9.17, 15) is 5.11 Å². The maximum atomic E-state index is 10.8. The van der Waals surface area contributed by atoms with Crippen molar-refractivity contribution in [3.63, 3.8) is 0 Å². The number of aliphatic imine (C=N–C) groups is 1. The number of methoxy groups -OCH3 is 1. The molecule has 0 aliphatic rings. The number of aryl methyl sites for hydroxylation is 2. The predicted molar refractivity (Wildman–Crippen MR) is 109 cm³/mol. The summed E-state index contributed by atoms with van der Waals surface area (Å²) in [6.45, 7) is 10.7. The second-order valence-corrected chi connectivity index (χ2v) is 7.09. The molecular weight excluding hydrogens is 358 g/mol. The number of ether oxygens (including phenoxy) is 1. The maximum Gasteiger partial charge on any atom is 0.191 e. The van der Waals surface area contributed by atoms with Gasteiger partial charge in [0.15, 0.2) is 5.96 Å². The first-order valence-corrected chi connectivity index (χ1v) is 9.54. The lowest BCUT2D eigenvalue weighted by Gasteiger charge is -2.23. The predicted octanol–water partition coefficient (Wildman–Crippen LogP) is 0.843. The number of hydrogen-bond donors (Lipinski definition) is 3. The number of guanidine groups is 1. The molecule has 28 heavy (non-hydrogen) atoms. The molecule has 0 spiro atoms. The fourth-order valence-electron chi connectivity index (χ4n) is 2.92. The molecule has 3 N–H and O–H groups in total. The normalized spacial score (nSPS) is 14.2. The third kappa shape index (κ3) is 5.56. The smallest absolute Gasteiger partial charge is 0.191 e. The van der Waals surface area contributed by atoms with E-state index in [1.165, 1.54) is 0 Å². The van der Waals surface area contributed by atoms with E-state index in [2.05, 4.69) is 25.8 Å². The van der Waals surface area contributed by atoms with Gasteiger partial charge in [0.25, 0.3) is 0 Å². The van der Waals surface area contributed by atoms with Crippen LogP contribution in [0.25, 0.3) is 0 Å². The molecule has 0 aliphatic heterocycles. The van der Waals surface area contributed by atoms with Crippen molar-refractivity contribution in [3.8, 4) is 0 Å².